The lowest BCUT2D eigenvalue weighted by molar-refractivity contribution is -0.111. The maximum atomic E-state index is 12.4. The highest BCUT2D eigenvalue weighted by atomic mass is 16.5. The van der Waals surface area contributed by atoms with Gasteiger partial charge in [-0.05, 0) is 80.4 Å². The second-order valence-corrected chi connectivity index (χ2v) is 8.35. The van der Waals surface area contributed by atoms with Gasteiger partial charge in [-0.3, -0.25) is 4.79 Å². The molecule has 4 aromatic rings. The maximum Gasteiger partial charge on any atom is 0.248 e. The van der Waals surface area contributed by atoms with E-state index in [0.717, 1.165) is 22.5 Å². The highest BCUT2D eigenvalue weighted by Gasteiger charge is 2.13. The molecule has 196 valence electrons. The minimum absolute atomic E-state index is 0.298. The largest absolute Gasteiger partial charge is 0.493 e. The molecular formula is C28H29N5O5. The third-order valence-corrected chi connectivity index (χ3v) is 5.95. The summed E-state index contributed by atoms with van der Waals surface area (Å²) >= 11 is 0. The van der Waals surface area contributed by atoms with Crippen LogP contribution in [0, 0.1) is 20.8 Å². The summed E-state index contributed by atoms with van der Waals surface area (Å²) in [5.41, 5.74) is 4.42. The van der Waals surface area contributed by atoms with Crippen molar-refractivity contribution in [2.45, 2.75) is 20.8 Å². The number of carbonyl (C=O) groups is 1. The summed E-state index contributed by atoms with van der Waals surface area (Å²) in [4.78, 5) is 12.4. The van der Waals surface area contributed by atoms with Crippen LogP contribution in [0.4, 0.5) is 5.69 Å². The summed E-state index contributed by atoms with van der Waals surface area (Å²) in [7, 11) is 4.61. The van der Waals surface area contributed by atoms with E-state index in [1.807, 2.05) is 20.8 Å². The normalized spacial score (nSPS) is 10.9. The van der Waals surface area contributed by atoms with Crippen molar-refractivity contribution in [1.29, 1.82) is 0 Å². The molecule has 0 saturated carbocycles. The molecule has 10 heteroatoms. The zero-order valence-corrected chi connectivity index (χ0v) is 22.1. The van der Waals surface area contributed by atoms with Gasteiger partial charge in [0, 0.05) is 23.5 Å². The second kappa shape index (κ2) is 11.5. The van der Waals surface area contributed by atoms with Crippen molar-refractivity contribution in [1.82, 2.24) is 20.0 Å². The fourth-order valence-corrected chi connectivity index (χ4v) is 3.70. The van der Waals surface area contributed by atoms with Crippen molar-refractivity contribution < 1.29 is 23.7 Å². The molecule has 1 amide bonds. The second-order valence-electron chi connectivity index (χ2n) is 8.35. The Labute approximate surface area is 220 Å². The van der Waals surface area contributed by atoms with Crippen LogP contribution in [0.2, 0.25) is 0 Å². The van der Waals surface area contributed by atoms with E-state index in [1.54, 1.807) is 59.3 Å². The Hall–Kier alpha value is -4.86. The van der Waals surface area contributed by atoms with Crippen molar-refractivity contribution in [3.63, 3.8) is 0 Å². The molecule has 0 aliphatic carbocycles. The minimum Gasteiger partial charge on any atom is -0.493 e. The number of nitrogens with one attached hydrogen (secondary N) is 1. The molecule has 0 aliphatic heterocycles. The van der Waals surface area contributed by atoms with E-state index >= 15 is 0 Å². The number of amides is 1. The first-order valence-corrected chi connectivity index (χ1v) is 11.8. The van der Waals surface area contributed by atoms with E-state index in [9.17, 15) is 4.79 Å². The molecule has 38 heavy (non-hydrogen) atoms. The Morgan fingerprint density at radius 2 is 1.58 bits per heavy atom. The number of carbonyl (C=O) groups excluding carboxylic acids is 1. The molecule has 0 bridgehead atoms. The fraction of sp³-hybridized carbons (Fsp3) is 0.214. The van der Waals surface area contributed by atoms with Crippen LogP contribution in [0.1, 0.15) is 22.5 Å². The summed E-state index contributed by atoms with van der Waals surface area (Å²) in [6.07, 6.45) is 3.08. The molecular weight excluding hydrogens is 486 g/mol. The van der Waals surface area contributed by atoms with Crippen LogP contribution in [-0.4, -0.2) is 47.2 Å². The van der Waals surface area contributed by atoms with E-state index in [1.165, 1.54) is 27.4 Å². The van der Waals surface area contributed by atoms with Crippen LogP contribution in [0.15, 0.2) is 54.6 Å². The molecule has 10 nitrogen and oxygen atoms in total. The molecule has 0 aliphatic rings. The van der Waals surface area contributed by atoms with Gasteiger partial charge < -0.3 is 24.3 Å². The highest BCUT2D eigenvalue weighted by molar-refractivity contribution is 6.02. The molecule has 2 aromatic carbocycles. The first-order chi connectivity index (χ1) is 18.3. The quantitative estimate of drug-likeness (QED) is 0.308. The lowest BCUT2D eigenvalue weighted by Gasteiger charge is -2.12. The third-order valence-electron chi connectivity index (χ3n) is 5.95. The van der Waals surface area contributed by atoms with Crippen molar-refractivity contribution in [2.24, 2.45) is 0 Å². The molecule has 0 atom stereocenters. The Morgan fingerprint density at radius 3 is 2.11 bits per heavy atom. The SMILES string of the molecule is COc1cc(/C=C/C(=O)Nc2ccc(Oc3ccc(-n4nc(C)c(C)c4C)nn3)cc2)cc(OC)c1OC. The lowest BCUT2D eigenvalue weighted by atomic mass is 10.1. The number of nitrogens with zero attached hydrogens (tertiary/aromatic N) is 4. The highest BCUT2D eigenvalue weighted by Crippen LogP contribution is 2.38. The zero-order valence-electron chi connectivity index (χ0n) is 22.1. The number of anilines is 1. The number of hydrogen-bond acceptors (Lipinski definition) is 8. The molecule has 0 saturated heterocycles. The average molecular weight is 516 g/mol. The Balaban J connectivity index is 1.37. The standard InChI is InChI=1S/C28H29N5O5/c1-17-18(2)32-33(19(17)3)25-12-14-27(31-30-25)38-22-10-8-21(9-11-22)29-26(34)13-7-20-15-23(35-4)28(37-6)24(16-20)36-5/h7-16H,1-6H3,(H,29,34)/b13-7+. The van der Waals surface area contributed by atoms with Gasteiger partial charge >= 0.3 is 0 Å². The van der Waals surface area contributed by atoms with Gasteiger partial charge in [0.05, 0.1) is 27.0 Å². The molecule has 0 radical (unpaired) electrons. The monoisotopic (exact) mass is 515 g/mol. The predicted molar refractivity (Wildman–Crippen MR) is 144 cm³/mol. The molecule has 0 spiro atoms. The van der Waals surface area contributed by atoms with Crippen molar-refractivity contribution in [3.8, 4) is 34.7 Å². The van der Waals surface area contributed by atoms with Gasteiger partial charge in [-0.1, -0.05) is 0 Å². The van der Waals surface area contributed by atoms with Gasteiger partial charge in [0.25, 0.3) is 0 Å². The predicted octanol–water partition coefficient (Wildman–Crippen LogP) is 5.06. The number of hydrogen-bond donors (Lipinski definition) is 1. The zero-order chi connectivity index (χ0) is 27.2. The summed E-state index contributed by atoms with van der Waals surface area (Å²) in [5.74, 6) is 2.71. The first kappa shape index (κ1) is 26.2. The van der Waals surface area contributed by atoms with Crippen LogP contribution in [-0.2, 0) is 4.79 Å². The minimum atomic E-state index is -0.298. The van der Waals surface area contributed by atoms with Gasteiger partial charge in [0.15, 0.2) is 17.3 Å². The number of aryl methyl sites for hydroxylation is 1. The topological polar surface area (TPSA) is 110 Å². The van der Waals surface area contributed by atoms with E-state index in [0.29, 0.717) is 40.4 Å². The van der Waals surface area contributed by atoms with Crippen LogP contribution >= 0.6 is 0 Å². The number of benzene rings is 2. The average Bonchev–Trinajstić information content (AvgIpc) is 3.19. The number of rotatable bonds is 9. The van der Waals surface area contributed by atoms with E-state index in [2.05, 4.69) is 20.6 Å². The summed E-state index contributed by atoms with van der Waals surface area (Å²) in [6.45, 7) is 5.98. The van der Waals surface area contributed by atoms with Crippen LogP contribution < -0.4 is 24.3 Å². The fourth-order valence-electron chi connectivity index (χ4n) is 3.70. The van der Waals surface area contributed by atoms with Gasteiger partial charge in [-0.2, -0.15) is 5.10 Å². The number of ether oxygens (including phenoxy) is 4. The molecule has 0 unspecified atom stereocenters. The van der Waals surface area contributed by atoms with Crippen LogP contribution in [0.25, 0.3) is 11.9 Å². The van der Waals surface area contributed by atoms with Crippen molar-refractivity contribution in [2.75, 3.05) is 26.6 Å². The maximum absolute atomic E-state index is 12.4. The molecule has 1 N–H and O–H groups in total. The van der Waals surface area contributed by atoms with Gasteiger partial charge in [0.2, 0.25) is 17.5 Å². The first-order valence-electron chi connectivity index (χ1n) is 11.8. The molecule has 2 heterocycles. The van der Waals surface area contributed by atoms with Gasteiger partial charge in [0.1, 0.15) is 5.75 Å². The summed E-state index contributed by atoms with van der Waals surface area (Å²) < 4.78 is 23.6. The van der Waals surface area contributed by atoms with Crippen molar-refractivity contribution in [3.05, 3.63) is 77.1 Å². The lowest BCUT2D eigenvalue weighted by Crippen LogP contribution is -2.07. The van der Waals surface area contributed by atoms with Gasteiger partial charge in [-0.25, -0.2) is 4.68 Å². The van der Waals surface area contributed by atoms with Crippen LogP contribution in [0.5, 0.6) is 28.9 Å². The Kier molecular flexibility index (Phi) is 7.91. The molecule has 4 rings (SSSR count). The third kappa shape index (κ3) is 5.75. The van der Waals surface area contributed by atoms with E-state index < -0.39 is 0 Å². The Morgan fingerprint density at radius 1 is 0.895 bits per heavy atom. The number of aromatic nitrogens is 4. The smallest absolute Gasteiger partial charge is 0.248 e. The Bertz CT molecular complexity index is 1440. The van der Waals surface area contributed by atoms with Crippen molar-refractivity contribution >= 4 is 17.7 Å². The van der Waals surface area contributed by atoms with Gasteiger partial charge in [-0.15, -0.1) is 10.2 Å². The molecule has 2 aromatic heterocycles. The van der Waals surface area contributed by atoms with E-state index in [-0.39, 0.29) is 5.91 Å². The molecule has 0 fully saturated rings. The van der Waals surface area contributed by atoms with E-state index in [4.69, 9.17) is 18.9 Å². The van der Waals surface area contributed by atoms with Crippen LogP contribution in [0.3, 0.4) is 0 Å². The summed E-state index contributed by atoms with van der Waals surface area (Å²) in [5, 5.41) is 15.7. The summed E-state index contributed by atoms with van der Waals surface area (Å²) in [6, 6.07) is 14.0. The number of methoxy groups -OCH3 is 3.